The van der Waals surface area contributed by atoms with Gasteiger partial charge in [0.1, 0.15) is 22.8 Å². The average Bonchev–Trinajstić information content (AvgIpc) is 2.75. The molecule has 5 heteroatoms. The summed E-state index contributed by atoms with van der Waals surface area (Å²) in [5, 5.41) is 13.2. The number of ether oxygens (including phenoxy) is 1. The summed E-state index contributed by atoms with van der Waals surface area (Å²) in [5.41, 5.74) is 3.05. The van der Waals surface area contributed by atoms with Crippen LogP contribution < -0.4 is 4.74 Å². The molecule has 2 aromatic rings. The van der Waals surface area contributed by atoms with Crippen molar-refractivity contribution in [1.29, 1.82) is 0 Å². The Bertz CT molecular complexity index is 658. The highest BCUT2D eigenvalue weighted by Crippen LogP contribution is 2.32. The number of nitrogens with zero attached hydrogens (tertiary/aromatic N) is 1. The van der Waals surface area contributed by atoms with E-state index in [0.717, 1.165) is 22.4 Å². The molecule has 106 valence electrons. The fourth-order valence-corrected chi connectivity index (χ4v) is 2.16. The summed E-state index contributed by atoms with van der Waals surface area (Å²) in [6, 6.07) is 3.77. The lowest BCUT2D eigenvalue weighted by Crippen LogP contribution is -2.01. The van der Waals surface area contributed by atoms with Gasteiger partial charge in [0.15, 0.2) is 0 Å². The van der Waals surface area contributed by atoms with Crippen LogP contribution in [0.2, 0.25) is 0 Å². The van der Waals surface area contributed by atoms with Crippen LogP contribution in [0, 0.1) is 20.8 Å². The summed E-state index contributed by atoms with van der Waals surface area (Å²) in [6.07, 6.45) is 0. The van der Waals surface area contributed by atoms with Crippen molar-refractivity contribution < 1.29 is 19.2 Å². The van der Waals surface area contributed by atoms with Crippen molar-refractivity contribution in [2.45, 2.75) is 27.7 Å². The Morgan fingerprint density at radius 3 is 2.60 bits per heavy atom. The molecule has 1 N–H and O–H groups in total. The minimum Gasteiger partial charge on any atom is -0.494 e. The zero-order valence-electron chi connectivity index (χ0n) is 12.0. The van der Waals surface area contributed by atoms with Gasteiger partial charge < -0.3 is 14.4 Å². The van der Waals surface area contributed by atoms with Crippen LogP contribution in [0.1, 0.15) is 34.2 Å². The molecule has 0 aliphatic heterocycles. The number of carboxylic acid groups (broad SMARTS) is 1. The molecule has 1 aromatic heterocycles. The van der Waals surface area contributed by atoms with Crippen LogP contribution in [0.15, 0.2) is 16.7 Å². The number of aryl methyl sites for hydroxylation is 3. The summed E-state index contributed by atoms with van der Waals surface area (Å²) >= 11 is 0. The first-order valence-electron chi connectivity index (χ1n) is 6.39. The highest BCUT2D eigenvalue weighted by atomic mass is 16.5. The standard InChI is InChI=1S/C15H17NO4/c1-5-19-12-7-8(2)11(6-9(12)3)14-13(15(17)18)10(4)20-16-14/h6-7H,5H2,1-4H3,(H,17,18). The van der Waals surface area contributed by atoms with Crippen molar-refractivity contribution in [3.8, 4) is 17.0 Å². The summed E-state index contributed by atoms with van der Waals surface area (Å²) in [7, 11) is 0. The Balaban J connectivity index is 2.59. The Hall–Kier alpha value is -2.30. The van der Waals surface area contributed by atoms with E-state index in [1.54, 1.807) is 6.92 Å². The Labute approximate surface area is 117 Å². The van der Waals surface area contributed by atoms with Crippen LogP contribution in [0.4, 0.5) is 0 Å². The van der Waals surface area contributed by atoms with Crippen molar-refractivity contribution in [1.82, 2.24) is 5.16 Å². The maximum atomic E-state index is 11.3. The van der Waals surface area contributed by atoms with Gasteiger partial charge in [-0.15, -0.1) is 0 Å². The summed E-state index contributed by atoms with van der Waals surface area (Å²) < 4.78 is 10.6. The van der Waals surface area contributed by atoms with Crippen molar-refractivity contribution >= 4 is 5.97 Å². The number of aromatic carboxylic acids is 1. The second-order valence-electron chi connectivity index (χ2n) is 4.63. The van der Waals surface area contributed by atoms with Crippen molar-refractivity contribution in [3.05, 3.63) is 34.6 Å². The fraction of sp³-hybridized carbons (Fsp3) is 0.333. The molecule has 0 amide bonds. The number of aromatic nitrogens is 1. The van der Waals surface area contributed by atoms with Crippen LogP contribution in [0.3, 0.4) is 0 Å². The molecule has 0 bridgehead atoms. The summed E-state index contributed by atoms with van der Waals surface area (Å²) in [6.45, 7) is 7.92. The predicted octanol–water partition coefficient (Wildman–Crippen LogP) is 3.36. The topological polar surface area (TPSA) is 72.6 Å². The molecule has 0 atom stereocenters. The number of benzene rings is 1. The van der Waals surface area contributed by atoms with E-state index in [9.17, 15) is 9.90 Å². The summed E-state index contributed by atoms with van der Waals surface area (Å²) in [4.78, 5) is 11.3. The summed E-state index contributed by atoms with van der Waals surface area (Å²) in [5.74, 6) is 0.0639. The molecule has 0 saturated carbocycles. The molecule has 1 heterocycles. The lowest BCUT2D eigenvalue weighted by molar-refractivity contribution is 0.0696. The van der Waals surface area contributed by atoms with Gasteiger partial charge >= 0.3 is 5.97 Å². The molecule has 0 saturated heterocycles. The minimum atomic E-state index is -1.04. The highest BCUT2D eigenvalue weighted by Gasteiger charge is 2.22. The normalized spacial score (nSPS) is 10.6. The third-order valence-electron chi connectivity index (χ3n) is 3.15. The minimum absolute atomic E-state index is 0.108. The van der Waals surface area contributed by atoms with Gasteiger partial charge in [-0.05, 0) is 51.0 Å². The van der Waals surface area contributed by atoms with E-state index in [0.29, 0.717) is 18.1 Å². The van der Waals surface area contributed by atoms with Crippen LogP contribution in [0.5, 0.6) is 5.75 Å². The predicted molar refractivity (Wildman–Crippen MR) is 74.3 cm³/mol. The van der Waals surface area contributed by atoms with Crippen molar-refractivity contribution in [3.63, 3.8) is 0 Å². The number of carboxylic acids is 1. The zero-order valence-corrected chi connectivity index (χ0v) is 12.0. The number of hydrogen-bond acceptors (Lipinski definition) is 4. The van der Waals surface area contributed by atoms with Gasteiger partial charge in [0.25, 0.3) is 0 Å². The van der Waals surface area contributed by atoms with Crippen LogP contribution in [-0.2, 0) is 0 Å². The molecule has 5 nitrogen and oxygen atoms in total. The Kier molecular flexibility index (Phi) is 3.79. The van der Waals surface area contributed by atoms with Gasteiger partial charge in [0, 0.05) is 5.56 Å². The molecular formula is C15H17NO4. The number of rotatable bonds is 4. The van der Waals surface area contributed by atoms with E-state index in [1.807, 2.05) is 32.9 Å². The van der Waals surface area contributed by atoms with E-state index in [1.165, 1.54) is 0 Å². The molecule has 0 fully saturated rings. The molecule has 0 radical (unpaired) electrons. The molecular weight excluding hydrogens is 258 g/mol. The van der Waals surface area contributed by atoms with Crippen LogP contribution >= 0.6 is 0 Å². The average molecular weight is 275 g/mol. The van der Waals surface area contributed by atoms with Crippen LogP contribution in [-0.4, -0.2) is 22.8 Å². The van der Waals surface area contributed by atoms with Crippen LogP contribution in [0.25, 0.3) is 11.3 Å². The first kappa shape index (κ1) is 14.1. The molecule has 20 heavy (non-hydrogen) atoms. The largest absolute Gasteiger partial charge is 0.494 e. The highest BCUT2D eigenvalue weighted by molar-refractivity contribution is 5.96. The second-order valence-corrected chi connectivity index (χ2v) is 4.63. The molecule has 0 spiro atoms. The zero-order chi connectivity index (χ0) is 14.9. The third-order valence-corrected chi connectivity index (χ3v) is 3.15. The quantitative estimate of drug-likeness (QED) is 0.926. The first-order valence-corrected chi connectivity index (χ1v) is 6.39. The smallest absolute Gasteiger partial charge is 0.341 e. The maximum absolute atomic E-state index is 11.3. The van der Waals surface area contributed by atoms with Crippen molar-refractivity contribution in [2.75, 3.05) is 6.61 Å². The van der Waals surface area contributed by atoms with Gasteiger partial charge in [0.2, 0.25) is 0 Å². The van der Waals surface area contributed by atoms with Gasteiger partial charge in [0.05, 0.1) is 6.61 Å². The lowest BCUT2D eigenvalue weighted by atomic mass is 9.98. The van der Waals surface area contributed by atoms with Gasteiger partial charge in [-0.3, -0.25) is 0 Å². The molecule has 0 unspecified atom stereocenters. The third kappa shape index (κ3) is 2.39. The molecule has 0 aliphatic carbocycles. The SMILES string of the molecule is CCOc1cc(C)c(-c2noc(C)c2C(=O)O)cc1C. The number of carbonyl (C=O) groups is 1. The second kappa shape index (κ2) is 5.36. The van der Waals surface area contributed by atoms with E-state index in [4.69, 9.17) is 9.26 Å². The van der Waals surface area contributed by atoms with E-state index < -0.39 is 5.97 Å². The Morgan fingerprint density at radius 1 is 1.30 bits per heavy atom. The molecule has 1 aromatic carbocycles. The van der Waals surface area contributed by atoms with E-state index in [2.05, 4.69) is 5.16 Å². The molecule has 2 rings (SSSR count). The Morgan fingerprint density at radius 2 is 2.00 bits per heavy atom. The van der Waals surface area contributed by atoms with Crippen molar-refractivity contribution in [2.24, 2.45) is 0 Å². The van der Waals surface area contributed by atoms with Gasteiger partial charge in [-0.2, -0.15) is 0 Å². The van der Waals surface area contributed by atoms with E-state index in [-0.39, 0.29) is 5.56 Å². The monoisotopic (exact) mass is 275 g/mol. The lowest BCUT2D eigenvalue weighted by Gasteiger charge is -2.11. The first-order chi connectivity index (χ1) is 9.45. The number of hydrogen-bond donors (Lipinski definition) is 1. The van der Waals surface area contributed by atoms with Gasteiger partial charge in [-0.25, -0.2) is 4.79 Å². The molecule has 0 aliphatic rings. The maximum Gasteiger partial charge on any atom is 0.341 e. The van der Waals surface area contributed by atoms with Gasteiger partial charge in [-0.1, -0.05) is 5.16 Å². The fourth-order valence-electron chi connectivity index (χ4n) is 2.16. The van der Waals surface area contributed by atoms with E-state index >= 15 is 0 Å².